The average molecular weight is 221 g/mol. The Hall–Kier alpha value is -1.55. The number of carbonyl (C=O) groups is 1. The zero-order valence-corrected chi connectivity index (χ0v) is 9.14. The van der Waals surface area contributed by atoms with Gasteiger partial charge in [-0.15, -0.1) is 0 Å². The van der Waals surface area contributed by atoms with E-state index in [0.717, 1.165) is 5.56 Å². The highest BCUT2D eigenvalue weighted by Crippen LogP contribution is 2.44. The minimum absolute atomic E-state index is 0.0937. The molecule has 1 aliphatic rings. The molecular formula is C12H15NO3. The number of methoxy groups -OCH3 is 1. The summed E-state index contributed by atoms with van der Waals surface area (Å²) in [6.07, 6.45) is 1.20. The van der Waals surface area contributed by atoms with Crippen LogP contribution in [0.5, 0.6) is 5.75 Å². The molecule has 1 saturated carbocycles. The molecule has 0 bridgehead atoms. The van der Waals surface area contributed by atoms with E-state index in [4.69, 9.17) is 5.73 Å². The van der Waals surface area contributed by atoms with Crippen LogP contribution in [-0.2, 0) is 15.1 Å². The van der Waals surface area contributed by atoms with Gasteiger partial charge in [0.15, 0.2) is 0 Å². The van der Waals surface area contributed by atoms with Gasteiger partial charge < -0.3 is 15.6 Å². The maximum atomic E-state index is 11.2. The summed E-state index contributed by atoms with van der Waals surface area (Å²) in [6, 6.07) is 6.80. The molecule has 0 aromatic heterocycles. The number of hydrogen-bond donors (Lipinski definition) is 2. The molecule has 0 saturated heterocycles. The standard InChI is InChI=1S/C12H15NO3/c1-16-11(15)8-6-12(13,7-8)9-2-4-10(14)5-3-9/h2-5,8,14H,6-7,13H2,1H3. The highest BCUT2D eigenvalue weighted by molar-refractivity contribution is 5.74. The number of phenolic OH excluding ortho intramolecular Hbond substituents is 1. The van der Waals surface area contributed by atoms with Crippen molar-refractivity contribution in [3.8, 4) is 5.75 Å². The first-order chi connectivity index (χ1) is 7.55. The fourth-order valence-corrected chi connectivity index (χ4v) is 2.18. The third kappa shape index (κ3) is 1.76. The third-order valence-corrected chi connectivity index (χ3v) is 3.20. The maximum Gasteiger partial charge on any atom is 0.308 e. The molecule has 2 rings (SSSR count). The molecule has 0 unspecified atom stereocenters. The molecule has 3 N–H and O–H groups in total. The topological polar surface area (TPSA) is 72.5 Å². The van der Waals surface area contributed by atoms with Gasteiger partial charge in [-0.25, -0.2) is 0 Å². The smallest absolute Gasteiger partial charge is 0.308 e. The first-order valence-electron chi connectivity index (χ1n) is 5.21. The molecule has 1 aromatic rings. The van der Waals surface area contributed by atoms with E-state index in [9.17, 15) is 9.90 Å². The third-order valence-electron chi connectivity index (χ3n) is 3.20. The average Bonchev–Trinajstić information content (AvgIpc) is 2.25. The first-order valence-corrected chi connectivity index (χ1v) is 5.21. The number of ether oxygens (including phenoxy) is 1. The van der Waals surface area contributed by atoms with Crippen molar-refractivity contribution in [3.63, 3.8) is 0 Å². The van der Waals surface area contributed by atoms with Crippen LogP contribution >= 0.6 is 0 Å². The summed E-state index contributed by atoms with van der Waals surface area (Å²) in [5.74, 6) is -0.0696. The van der Waals surface area contributed by atoms with Crippen LogP contribution in [0.1, 0.15) is 18.4 Å². The summed E-state index contributed by atoms with van der Waals surface area (Å²) < 4.78 is 4.67. The summed E-state index contributed by atoms with van der Waals surface area (Å²) in [5.41, 5.74) is 6.67. The Balaban J connectivity index is 2.07. The lowest BCUT2D eigenvalue weighted by Crippen LogP contribution is -2.51. The van der Waals surface area contributed by atoms with Crippen LogP contribution in [0.2, 0.25) is 0 Å². The molecular weight excluding hydrogens is 206 g/mol. The predicted octanol–water partition coefficient (Wildman–Crippen LogP) is 1.13. The summed E-state index contributed by atoms with van der Waals surface area (Å²) in [7, 11) is 1.39. The van der Waals surface area contributed by atoms with Crippen molar-refractivity contribution in [3.05, 3.63) is 29.8 Å². The molecule has 1 aromatic carbocycles. The Morgan fingerprint density at radius 3 is 2.50 bits per heavy atom. The second-order valence-electron chi connectivity index (χ2n) is 4.33. The molecule has 16 heavy (non-hydrogen) atoms. The Bertz CT molecular complexity index is 393. The molecule has 0 atom stereocenters. The Morgan fingerprint density at radius 1 is 1.44 bits per heavy atom. The number of hydrogen-bond acceptors (Lipinski definition) is 4. The molecule has 0 spiro atoms. The molecule has 86 valence electrons. The lowest BCUT2D eigenvalue weighted by molar-refractivity contribution is -0.151. The van der Waals surface area contributed by atoms with Crippen molar-refractivity contribution in [1.29, 1.82) is 0 Å². The van der Waals surface area contributed by atoms with Crippen LogP contribution in [0, 0.1) is 5.92 Å². The minimum Gasteiger partial charge on any atom is -0.508 e. The van der Waals surface area contributed by atoms with Crippen molar-refractivity contribution >= 4 is 5.97 Å². The van der Waals surface area contributed by atoms with Crippen LogP contribution in [0.15, 0.2) is 24.3 Å². The molecule has 1 aliphatic carbocycles. The molecule has 4 nitrogen and oxygen atoms in total. The summed E-state index contributed by atoms with van der Waals surface area (Å²) in [5, 5.41) is 9.18. The number of nitrogens with two attached hydrogens (primary N) is 1. The Morgan fingerprint density at radius 2 is 2.00 bits per heavy atom. The molecule has 0 aliphatic heterocycles. The van der Waals surface area contributed by atoms with Crippen molar-refractivity contribution in [1.82, 2.24) is 0 Å². The van der Waals surface area contributed by atoms with Crippen LogP contribution < -0.4 is 5.73 Å². The Kier molecular flexibility index (Phi) is 2.59. The van der Waals surface area contributed by atoms with Crippen molar-refractivity contribution < 1.29 is 14.6 Å². The van der Waals surface area contributed by atoms with E-state index in [1.165, 1.54) is 7.11 Å². The molecule has 0 heterocycles. The summed E-state index contributed by atoms with van der Waals surface area (Å²) in [4.78, 5) is 11.2. The van der Waals surface area contributed by atoms with E-state index < -0.39 is 5.54 Å². The highest BCUT2D eigenvalue weighted by Gasteiger charge is 2.46. The van der Waals surface area contributed by atoms with Gasteiger partial charge in [0.05, 0.1) is 13.0 Å². The fraction of sp³-hybridized carbons (Fsp3) is 0.417. The van der Waals surface area contributed by atoms with Gasteiger partial charge in [-0.3, -0.25) is 4.79 Å². The van der Waals surface area contributed by atoms with E-state index in [1.807, 2.05) is 0 Å². The van der Waals surface area contributed by atoms with Gasteiger partial charge >= 0.3 is 5.97 Å². The van der Waals surface area contributed by atoms with E-state index >= 15 is 0 Å². The number of phenols is 1. The van der Waals surface area contributed by atoms with Gasteiger partial charge in [-0.2, -0.15) is 0 Å². The van der Waals surface area contributed by atoms with Crippen molar-refractivity contribution in [2.75, 3.05) is 7.11 Å². The van der Waals surface area contributed by atoms with Crippen LogP contribution in [0.3, 0.4) is 0 Å². The minimum atomic E-state index is -0.452. The van der Waals surface area contributed by atoms with Crippen molar-refractivity contribution in [2.24, 2.45) is 11.7 Å². The fourth-order valence-electron chi connectivity index (χ4n) is 2.18. The first kappa shape index (κ1) is 11.0. The summed E-state index contributed by atoms with van der Waals surface area (Å²) >= 11 is 0. The molecule has 4 heteroatoms. The number of benzene rings is 1. The Labute approximate surface area is 94.0 Å². The molecule has 1 fully saturated rings. The lowest BCUT2D eigenvalue weighted by Gasteiger charge is -2.43. The van der Waals surface area contributed by atoms with Crippen molar-refractivity contribution in [2.45, 2.75) is 18.4 Å². The van der Waals surface area contributed by atoms with Crippen LogP contribution in [-0.4, -0.2) is 18.2 Å². The predicted molar refractivity (Wildman–Crippen MR) is 58.7 cm³/mol. The van der Waals surface area contributed by atoms with Gasteiger partial charge in [0, 0.05) is 5.54 Å². The quantitative estimate of drug-likeness (QED) is 0.734. The number of rotatable bonds is 2. The van der Waals surface area contributed by atoms with E-state index in [2.05, 4.69) is 4.74 Å². The van der Waals surface area contributed by atoms with Gasteiger partial charge in [0.1, 0.15) is 5.75 Å². The van der Waals surface area contributed by atoms with E-state index in [1.54, 1.807) is 24.3 Å². The number of carbonyl (C=O) groups excluding carboxylic acids is 1. The monoisotopic (exact) mass is 221 g/mol. The zero-order chi connectivity index (χ0) is 11.8. The largest absolute Gasteiger partial charge is 0.508 e. The number of esters is 1. The van der Waals surface area contributed by atoms with Crippen LogP contribution in [0.25, 0.3) is 0 Å². The SMILES string of the molecule is COC(=O)C1CC(N)(c2ccc(O)cc2)C1. The molecule has 0 amide bonds. The second kappa shape index (κ2) is 3.79. The zero-order valence-electron chi connectivity index (χ0n) is 9.14. The highest BCUT2D eigenvalue weighted by atomic mass is 16.5. The van der Waals surface area contributed by atoms with Crippen LogP contribution in [0.4, 0.5) is 0 Å². The van der Waals surface area contributed by atoms with Gasteiger partial charge in [-0.05, 0) is 30.5 Å². The summed E-state index contributed by atoms with van der Waals surface area (Å²) in [6.45, 7) is 0. The van der Waals surface area contributed by atoms with E-state index in [-0.39, 0.29) is 17.6 Å². The lowest BCUT2D eigenvalue weighted by atomic mass is 9.65. The van der Waals surface area contributed by atoms with E-state index in [0.29, 0.717) is 12.8 Å². The van der Waals surface area contributed by atoms with Gasteiger partial charge in [0.25, 0.3) is 0 Å². The molecule has 0 radical (unpaired) electrons. The van der Waals surface area contributed by atoms with Gasteiger partial charge in [-0.1, -0.05) is 12.1 Å². The maximum absolute atomic E-state index is 11.2. The second-order valence-corrected chi connectivity index (χ2v) is 4.33. The normalized spacial score (nSPS) is 28.2. The number of aromatic hydroxyl groups is 1. The van der Waals surface area contributed by atoms with Gasteiger partial charge in [0.2, 0.25) is 0 Å².